The molecule has 1 rings (SSSR count). The fourth-order valence-corrected chi connectivity index (χ4v) is 2.16. The highest BCUT2D eigenvalue weighted by molar-refractivity contribution is 9.10. The average Bonchev–Trinajstić information content (AvgIpc) is 2.36. The summed E-state index contributed by atoms with van der Waals surface area (Å²) in [5.74, 6) is 0. The second kappa shape index (κ2) is 8.64. The van der Waals surface area contributed by atoms with Crippen LogP contribution in [0.3, 0.4) is 0 Å². The second-order valence-corrected chi connectivity index (χ2v) is 5.37. The molecule has 0 aliphatic heterocycles. The van der Waals surface area contributed by atoms with Crippen LogP contribution in [-0.2, 0) is 4.74 Å². The van der Waals surface area contributed by atoms with E-state index in [1.54, 1.807) is 0 Å². The zero-order chi connectivity index (χ0) is 13.4. The molecule has 0 saturated carbocycles. The molecule has 3 nitrogen and oxygen atoms in total. The third-order valence-corrected chi connectivity index (χ3v) is 3.41. The molecule has 0 bridgehead atoms. The molecule has 1 unspecified atom stereocenters. The molecule has 0 heterocycles. The summed E-state index contributed by atoms with van der Waals surface area (Å²) in [5.41, 5.74) is 7.37. The molecule has 1 atom stereocenters. The SMILES string of the molecule is CCOCCN(C)CCC(N)c1cccc(Br)c1. The summed E-state index contributed by atoms with van der Waals surface area (Å²) in [6, 6.07) is 8.31. The van der Waals surface area contributed by atoms with Gasteiger partial charge in [-0.25, -0.2) is 0 Å². The van der Waals surface area contributed by atoms with E-state index in [0.29, 0.717) is 0 Å². The van der Waals surface area contributed by atoms with E-state index in [1.165, 1.54) is 5.56 Å². The smallest absolute Gasteiger partial charge is 0.0593 e. The van der Waals surface area contributed by atoms with Crippen LogP contribution < -0.4 is 5.73 Å². The molecular weight excluding hydrogens is 292 g/mol. The van der Waals surface area contributed by atoms with Crippen LogP contribution in [0.15, 0.2) is 28.7 Å². The molecule has 4 heteroatoms. The normalized spacial score (nSPS) is 12.9. The molecule has 18 heavy (non-hydrogen) atoms. The molecule has 1 aromatic rings. The van der Waals surface area contributed by atoms with Gasteiger partial charge in [-0.3, -0.25) is 0 Å². The number of rotatable bonds is 8. The van der Waals surface area contributed by atoms with Crippen molar-refractivity contribution in [2.24, 2.45) is 5.73 Å². The van der Waals surface area contributed by atoms with Crippen LogP contribution in [0.5, 0.6) is 0 Å². The van der Waals surface area contributed by atoms with Gasteiger partial charge in [0.25, 0.3) is 0 Å². The summed E-state index contributed by atoms with van der Waals surface area (Å²) in [6.45, 7) is 5.54. The third kappa shape index (κ3) is 5.96. The number of benzene rings is 1. The van der Waals surface area contributed by atoms with Gasteiger partial charge in [0.05, 0.1) is 6.61 Å². The van der Waals surface area contributed by atoms with Crippen molar-refractivity contribution in [3.8, 4) is 0 Å². The van der Waals surface area contributed by atoms with Crippen LogP contribution >= 0.6 is 15.9 Å². The van der Waals surface area contributed by atoms with E-state index in [9.17, 15) is 0 Å². The number of hydrogen-bond donors (Lipinski definition) is 1. The molecule has 0 spiro atoms. The molecule has 0 aliphatic rings. The number of likely N-dealkylation sites (N-methyl/N-ethyl adjacent to an activating group) is 1. The Kier molecular flexibility index (Phi) is 7.51. The van der Waals surface area contributed by atoms with Gasteiger partial charge in [-0.05, 0) is 44.6 Å². The van der Waals surface area contributed by atoms with E-state index in [1.807, 2.05) is 19.1 Å². The van der Waals surface area contributed by atoms with E-state index in [0.717, 1.165) is 37.2 Å². The summed E-state index contributed by atoms with van der Waals surface area (Å²) < 4.78 is 6.42. The van der Waals surface area contributed by atoms with Crippen LogP contribution in [0.2, 0.25) is 0 Å². The minimum Gasteiger partial charge on any atom is -0.380 e. The van der Waals surface area contributed by atoms with Gasteiger partial charge in [0.2, 0.25) is 0 Å². The molecule has 1 aromatic carbocycles. The number of halogens is 1. The summed E-state index contributed by atoms with van der Waals surface area (Å²) >= 11 is 3.47. The lowest BCUT2D eigenvalue weighted by Gasteiger charge is -2.19. The Morgan fingerprint density at radius 1 is 1.39 bits per heavy atom. The maximum Gasteiger partial charge on any atom is 0.0593 e. The molecule has 0 aliphatic carbocycles. The van der Waals surface area contributed by atoms with Gasteiger partial charge >= 0.3 is 0 Å². The van der Waals surface area contributed by atoms with E-state index >= 15 is 0 Å². The minimum atomic E-state index is 0.0945. The monoisotopic (exact) mass is 314 g/mol. The zero-order valence-corrected chi connectivity index (χ0v) is 12.8. The van der Waals surface area contributed by atoms with E-state index < -0.39 is 0 Å². The Morgan fingerprint density at radius 2 is 2.17 bits per heavy atom. The van der Waals surface area contributed by atoms with Crippen LogP contribution in [0.1, 0.15) is 24.9 Å². The molecule has 102 valence electrons. The second-order valence-electron chi connectivity index (χ2n) is 4.45. The maximum absolute atomic E-state index is 6.19. The Morgan fingerprint density at radius 3 is 2.83 bits per heavy atom. The number of nitrogens with zero attached hydrogens (tertiary/aromatic N) is 1. The van der Waals surface area contributed by atoms with Crippen molar-refractivity contribution >= 4 is 15.9 Å². The van der Waals surface area contributed by atoms with Crippen molar-refractivity contribution < 1.29 is 4.74 Å². The predicted octanol–water partition coefficient (Wildman–Crippen LogP) is 2.81. The van der Waals surface area contributed by atoms with Crippen molar-refractivity contribution in [1.82, 2.24) is 4.90 Å². The maximum atomic E-state index is 6.19. The van der Waals surface area contributed by atoms with Crippen molar-refractivity contribution in [2.75, 3.05) is 33.4 Å². The number of hydrogen-bond acceptors (Lipinski definition) is 3. The molecule has 0 aromatic heterocycles. The van der Waals surface area contributed by atoms with Crippen LogP contribution in [0.4, 0.5) is 0 Å². The Hall–Kier alpha value is -0.420. The summed E-state index contributed by atoms with van der Waals surface area (Å²) in [4.78, 5) is 2.26. The summed E-state index contributed by atoms with van der Waals surface area (Å²) in [7, 11) is 2.10. The highest BCUT2D eigenvalue weighted by Gasteiger charge is 2.07. The zero-order valence-electron chi connectivity index (χ0n) is 11.2. The molecule has 0 amide bonds. The van der Waals surface area contributed by atoms with Crippen LogP contribution in [0.25, 0.3) is 0 Å². The lowest BCUT2D eigenvalue weighted by Crippen LogP contribution is -2.27. The average molecular weight is 315 g/mol. The summed E-state index contributed by atoms with van der Waals surface area (Å²) in [5, 5.41) is 0. The first-order valence-corrected chi connectivity index (χ1v) is 7.20. The first-order chi connectivity index (χ1) is 8.63. The lowest BCUT2D eigenvalue weighted by molar-refractivity contribution is 0.121. The van der Waals surface area contributed by atoms with Gasteiger partial charge in [-0.1, -0.05) is 28.1 Å². The van der Waals surface area contributed by atoms with Gasteiger partial charge in [-0.15, -0.1) is 0 Å². The highest BCUT2D eigenvalue weighted by Crippen LogP contribution is 2.18. The lowest BCUT2D eigenvalue weighted by atomic mass is 10.0. The van der Waals surface area contributed by atoms with Gasteiger partial charge in [0.15, 0.2) is 0 Å². The molecule has 0 radical (unpaired) electrons. The Balaban J connectivity index is 2.30. The molecule has 0 saturated heterocycles. The molecular formula is C14H23BrN2O. The van der Waals surface area contributed by atoms with Crippen LogP contribution in [0, 0.1) is 0 Å². The van der Waals surface area contributed by atoms with Crippen molar-refractivity contribution in [1.29, 1.82) is 0 Å². The van der Waals surface area contributed by atoms with Crippen molar-refractivity contribution in [2.45, 2.75) is 19.4 Å². The van der Waals surface area contributed by atoms with Gasteiger partial charge in [0, 0.05) is 23.7 Å². The topological polar surface area (TPSA) is 38.5 Å². The van der Waals surface area contributed by atoms with Gasteiger partial charge in [0.1, 0.15) is 0 Å². The first kappa shape index (κ1) is 15.6. The van der Waals surface area contributed by atoms with E-state index in [-0.39, 0.29) is 6.04 Å². The van der Waals surface area contributed by atoms with Gasteiger partial charge < -0.3 is 15.4 Å². The standard InChI is InChI=1S/C14H23BrN2O/c1-3-18-10-9-17(2)8-7-14(16)12-5-4-6-13(15)11-12/h4-6,11,14H,3,7-10,16H2,1-2H3. The van der Waals surface area contributed by atoms with Crippen molar-refractivity contribution in [3.63, 3.8) is 0 Å². The summed E-state index contributed by atoms with van der Waals surface area (Å²) in [6.07, 6.45) is 0.957. The quantitative estimate of drug-likeness (QED) is 0.750. The van der Waals surface area contributed by atoms with Crippen molar-refractivity contribution in [3.05, 3.63) is 34.3 Å². The van der Waals surface area contributed by atoms with E-state index in [2.05, 4.69) is 40.0 Å². The fourth-order valence-electron chi connectivity index (χ4n) is 1.74. The predicted molar refractivity (Wildman–Crippen MR) is 79.7 cm³/mol. The Labute approximate surface area is 118 Å². The Bertz CT molecular complexity index is 346. The molecule has 2 N–H and O–H groups in total. The fraction of sp³-hybridized carbons (Fsp3) is 0.571. The van der Waals surface area contributed by atoms with Crippen LogP contribution in [-0.4, -0.2) is 38.3 Å². The largest absolute Gasteiger partial charge is 0.380 e. The number of nitrogens with two attached hydrogens (primary N) is 1. The molecule has 0 fully saturated rings. The number of ether oxygens (including phenoxy) is 1. The highest BCUT2D eigenvalue weighted by atomic mass is 79.9. The van der Waals surface area contributed by atoms with E-state index in [4.69, 9.17) is 10.5 Å². The minimum absolute atomic E-state index is 0.0945. The first-order valence-electron chi connectivity index (χ1n) is 6.40. The van der Waals surface area contributed by atoms with Gasteiger partial charge in [-0.2, -0.15) is 0 Å². The third-order valence-electron chi connectivity index (χ3n) is 2.92.